The van der Waals surface area contributed by atoms with Crippen LogP contribution in [0.1, 0.15) is 11.3 Å². The maximum absolute atomic E-state index is 12.5. The van der Waals surface area contributed by atoms with Crippen LogP contribution in [0.2, 0.25) is 0 Å². The third kappa shape index (κ3) is 2.69. The van der Waals surface area contributed by atoms with Crippen molar-refractivity contribution >= 4 is 17.4 Å². The topological polar surface area (TPSA) is 146 Å². The molecule has 0 spiro atoms. The highest BCUT2D eigenvalue weighted by molar-refractivity contribution is 5.67. The summed E-state index contributed by atoms with van der Waals surface area (Å²) in [6.45, 7) is -0.618. The SMILES string of the molecule is O=C(O)Cn1c(=O)c(Cc2ccccc2[N+](=O)[O-])nn2cnnc12. The van der Waals surface area contributed by atoms with E-state index in [4.69, 9.17) is 5.11 Å². The fraction of sp³-hybridized carbons (Fsp3) is 0.154. The second-order valence-corrected chi connectivity index (χ2v) is 4.87. The Kier molecular flexibility index (Phi) is 3.74. The molecule has 24 heavy (non-hydrogen) atoms. The average molecular weight is 330 g/mol. The van der Waals surface area contributed by atoms with Gasteiger partial charge in [-0.05, 0) is 0 Å². The predicted molar refractivity (Wildman–Crippen MR) is 78.6 cm³/mol. The molecule has 0 radical (unpaired) electrons. The van der Waals surface area contributed by atoms with E-state index in [-0.39, 0.29) is 23.6 Å². The molecular weight excluding hydrogens is 320 g/mol. The smallest absolute Gasteiger partial charge is 0.323 e. The van der Waals surface area contributed by atoms with Crippen molar-refractivity contribution in [3.05, 3.63) is 62.3 Å². The quantitative estimate of drug-likeness (QED) is 0.503. The van der Waals surface area contributed by atoms with Gasteiger partial charge in [-0.15, -0.1) is 10.2 Å². The number of carboxylic acids is 1. The van der Waals surface area contributed by atoms with Gasteiger partial charge in [0.1, 0.15) is 18.6 Å². The Bertz CT molecular complexity index is 1010. The van der Waals surface area contributed by atoms with E-state index in [9.17, 15) is 19.7 Å². The summed E-state index contributed by atoms with van der Waals surface area (Å²) in [7, 11) is 0. The molecule has 0 saturated heterocycles. The van der Waals surface area contributed by atoms with Gasteiger partial charge >= 0.3 is 5.97 Å². The van der Waals surface area contributed by atoms with Gasteiger partial charge in [0.25, 0.3) is 17.0 Å². The molecule has 2 aromatic heterocycles. The lowest BCUT2D eigenvalue weighted by atomic mass is 10.1. The zero-order chi connectivity index (χ0) is 17.3. The van der Waals surface area contributed by atoms with E-state index in [1.165, 1.54) is 24.5 Å². The summed E-state index contributed by atoms with van der Waals surface area (Å²) < 4.78 is 2.07. The van der Waals surface area contributed by atoms with E-state index in [0.29, 0.717) is 5.56 Å². The molecule has 11 nitrogen and oxygen atoms in total. The van der Waals surface area contributed by atoms with Crippen molar-refractivity contribution in [2.24, 2.45) is 0 Å². The summed E-state index contributed by atoms with van der Waals surface area (Å²) in [4.78, 5) is 34.0. The number of aromatic nitrogens is 5. The van der Waals surface area contributed by atoms with Crippen molar-refractivity contribution in [1.29, 1.82) is 0 Å². The lowest BCUT2D eigenvalue weighted by Gasteiger charge is -2.07. The monoisotopic (exact) mass is 330 g/mol. The Morgan fingerprint density at radius 1 is 1.33 bits per heavy atom. The first-order chi connectivity index (χ1) is 11.5. The van der Waals surface area contributed by atoms with E-state index in [2.05, 4.69) is 15.3 Å². The Labute approximate surface area is 132 Å². The molecule has 0 aliphatic rings. The summed E-state index contributed by atoms with van der Waals surface area (Å²) in [5.41, 5.74) is -0.581. The summed E-state index contributed by atoms with van der Waals surface area (Å²) in [5, 5.41) is 31.3. The highest BCUT2D eigenvalue weighted by Gasteiger charge is 2.19. The lowest BCUT2D eigenvalue weighted by Crippen LogP contribution is -2.31. The number of nitro benzene ring substituents is 1. The maximum Gasteiger partial charge on any atom is 0.323 e. The van der Waals surface area contributed by atoms with Crippen molar-refractivity contribution in [1.82, 2.24) is 24.4 Å². The van der Waals surface area contributed by atoms with E-state index < -0.39 is 23.0 Å². The van der Waals surface area contributed by atoms with Crippen molar-refractivity contribution in [3.63, 3.8) is 0 Å². The highest BCUT2D eigenvalue weighted by atomic mass is 16.6. The molecule has 0 amide bonds. The molecule has 2 heterocycles. The normalized spacial score (nSPS) is 10.8. The van der Waals surface area contributed by atoms with Crippen LogP contribution in [0, 0.1) is 10.1 Å². The largest absolute Gasteiger partial charge is 0.480 e. The zero-order valence-corrected chi connectivity index (χ0v) is 12.1. The average Bonchev–Trinajstić information content (AvgIpc) is 2.99. The molecule has 3 aromatic rings. The fourth-order valence-corrected chi connectivity index (χ4v) is 2.30. The molecule has 122 valence electrons. The van der Waals surface area contributed by atoms with Crippen LogP contribution < -0.4 is 5.56 Å². The zero-order valence-electron chi connectivity index (χ0n) is 12.1. The van der Waals surface area contributed by atoms with Gasteiger partial charge in [-0.25, -0.2) is 0 Å². The number of para-hydroxylation sites is 1. The summed E-state index contributed by atoms with van der Waals surface area (Å²) >= 11 is 0. The van der Waals surface area contributed by atoms with Crippen molar-refractivity contribution in [2.45, 2.75) is 13.0 Å². The molecule has 0 unspecified atom stereocenters. The van der Waals surface area contributed by atoms with E-state index in [1.807, 2.05) is 0 Å². The van der Waals surface area contributed by atoms with Crippen LogP contribution in [-0.2, 0) is 17.8 Å². The number of rotatable bonds is 5. The lowest BCUT2D eigenvalue weighted by molar-refractivity contribution is -0.385. The van der Waals surface area contributed by atoms with Gasteiger partial charge in [0.2, 0.25) is 0 Å². The first kappa shape index (κ1) is 15.3. The number of aliphatic carboxylic acids is 1. The Balaban J connectivity index is 2.14. The number of nitrogens with zero attached hydrogens (tertiary/aromatic N) is 6. The van der Waals surface area contributed by atoms with Crippen LogP contribution in [0.3, 0.4) is 0 Å². The predicted octanol–water partition coefficient (Wildman–Crippen LogP) is -0.130. The molecule has 1 aromatic carbocycles. The second-order valence-electron chi connectivity index (χ2n) is 4.87. The minimum atomic E-state index is -1.23. The van der Waals surface area contributed by atoms with E-state index >= 15 is 0 Å². The van der Waals surface area contributed by atoms with E-state index in [0.717, 1.165) is 9.08 Å². The standard InChI is InChI=1S/C13H10N6O5/c20-11(21)6-17-12(22)9(16-18-7-14-15-13(17)18)5-8-3-1-2-4-10(8)19(23)24/h1-4,7H,5-6H2,(H,20,21). The number of hydrogen-bond donors (Lipinski definition) is 1. The van der Waals surface area contributed by atoms with Crippen molar-refractivity contribution in [2.75, 3.05) is 0 Å². The molecule has 3 rings (SSSR count). The van der Waals surface area contributed by atoms with Gasteiger partial charge in [-0.1, -0.05) is 18.2 Å². The van der Waals surface area contributed by atoms with Crippen LogP contribution in [0.25, 0.3) is 5.78 Å². The van der Waals surface area contributed by atoms with Gasteiger partial charge in [-0.2, -0.15) is 9.61 Å². The number of carbonyl (C=O) groups is 1. The van der Waals surface area contributed by atoms with Crippen molar-refractivity contribution in [3.8, 4) is 0 Å². The van der Waals surface area contributed by atoms with Crippen molar-refractivity contribution < 1.29 is 14.8 Å². The minimum absolute atomic E-state index is 0.0197. The minimum Gasteiger partial charge on any atom is -0.480 e. The molecule has 0 aliphatic carbocycles. The third-order valence-corrected chi connectivity index (χ3v) is 3.31. The van der Waals surface area contributed by atoms with Gasteiger partial charge in [0.05, 0.1) is 4.92 Å². The molecule has 0 atom stereocenters. The molecule has 0 bridgehead atoms. The molecule has 1 N–H and O–H groups in total. The van der Waals surface area contributed by atoms with Crippen LogP contribution in [0.4, 0.5) is 5.69 Å². The maximum atomic E-state index is 12.5. The number of carboxylic acid groups (broad SMARTS) is 1. The van der Waals surface area contributed by atoms with Gasteiger partial charge < -0.3 is 5.11 Å². The molecule has 0 saturated carbocycles. The number of benzene rings is 1. The Morgan fingerprint density at radius 3 is 2.79 bits per heavy atom. The third-order valence-electron chi connectivity index (χ3n) is 3.31. The van der Waals surface area contributed by atoms with Gasteiger partial charge in [-0.3, -0.25) is 24.3 Å². The highest BCUT2D eigenvalue weighted by Crippen LogP contribution is 2.19. The first-order valence-electron chi connectivity index (χ1n) is 6.71. The van der Waals surface area contributed by atoms with Gasteiger partial charge in [0, 0.05) is 18.1 Å². The second kappa shape index (κ2) is 5.87. The van der Waals surface area contributed by atoms with Crippen LogP contribution in [-0.4, -0.2) is 40.4 Å². The molecule has 0 aliphatic heterocycles. The molecule has 11 heteroatoms. The number of nitro groups is 1. The summed E-state index contributed by atoms with van der Waals surface area (Å²) in [5.74, 6) is -1.25. The van der Waals surface area contributed by atoms with Crippen LogP contribution in [0.5, 0.6) is 0 Å². The first-order valence-corrected chi connectivity index (χ1v) is 6.71. The molecule has 0 fully saturated rings. The van der Waals surface area contributed by atoms with E-state index in [1.54, 1.807) is 6.07 Å². The van der Waals surface area contributed by atoms with Crippen LogP contribution in [0.15, 0.2) is 35.4 Å². The summed E-state index contributed by atoms with van der Waals surface area (Å²) in [6, 6.07) is 5.95. The van der Waals surface area contributed by atoms with Gasteiger partial charge in [0.15, 0.2) is 0 Å². The number of fused-ring (bicyclic) bond motifs is 1. The summed E-state index contributed by atoms with van der Waals surface area (Å²) in [6.07, 6.45) is 1.10. The Morgan fingerprint density at radius 2 is 2.08 bits per heavy atom. The van der Waals surface area contributed by atoms with Crippen LogP contribution >= 0.6 is 0 Å². The number of hydrogen-bond acceptors (Lipinski definition) is 7. The fourth-order valence-electron chi connectivity index (χ4n) is 2.30. The molecular formula is C13H10N6O5. The Hall–Kier alpha value is -3.63.